The van der Waals surface area contributed by atoms with E-state index in [-0.39, 0.29) is 24.3 Å². The quantitative estimate of drug-likeness (QED) is 0.560. The summed E-state index contributed by atoms with van der Waals surface area (Å²) >= 11 is 0. The Labute approximate surface area is 126 Å². The van der Waals surface area contributed by atoms with E-state index < -0.39 is 0 Å². The van der Waals surface area contributed by atoms with E-state index in [1.165, 1.54) is 0 Å². The second kappa shape index (κ2) is 9.97. The molecule has 1 rings (SSSR count). The SMILES string of the molecule is CCCCOC(=O)C[C@H](NC(=O)CCC)c1ccccc1. The Kier molecular flexibility index (Phi) is 8.17. The third kappa shape index (κ3) is 6.93. The number of carbonyl (C=O) groups is 2. The minimum Gasteiger partial charge on any atom is -0.466 e. The van der Waals surface area contributed by atoms with Gasteiger partial charge in [-0.15, -0.1) is 0 Å². The number of rotatable bonds is 9. The van der Waals surface area contributed by atoms with Crippen molar-refractivity contribution in [1.29, 1.82) is 0 Å². The number of esters is 1. The maximum absolute atomic E-state index is 11.9. The average Bonchev–Trinajstić information content (AvgIpc) is 2.48. The van der Waals surface area contributed by atoms with E-state index >= 15 is 0 Å². The van der Waals surface area contributed by atoms with Crippen LogP contribution in [0.15, 0.2) is 30.3 Å². The molecule has 0 aliphatic rings. The summed E-state index contributed by atoms with van der Waals surface area (Å²) in [4.78, 5) is 23.7. The molecule has 1 N–H and O–H groups in total. The number of hydrogen-bond acceptors (Lipinski definition) is 3. The summed E-state index contributed by atoms with van der Waals surface area (Å²) in [6.07, 6.45) is 3.28. The third-order valence-electron chi connectivity index (χ3n) is 3.15. The van der Waals surface area contributed by atoms with Crippen LogP contribution >= 0.6 is 0 Å². The lowest BCUT2D eigenvalue weighted by atomic mass is 10.0. The molecule has 4 nitrogen and oxygen atoms in total. The topological polar surface area (TPSA) is 55.4 Å². The van der Waals surface area contributed by atoms with Crippen molar-refractivity contribution in [2.75, 3.05) is 6.61 Å². The number of hydrogen-bond donors (Lipinski definition) is 1. The Balaban J connectivity index is 2.64. The number of ether oxygens (including phenoxy) is 1. The van der Waals surface area contributed by atoms with Crippen molar-refractivity contribution in [3.63, 3.8) is 0 Å². The summed E-state index contributed by atoms with van der Waals surface area (Å²) in [6, 6.07) is 9.22. The van der Waals surface area contributed by atoms with Gasteiger partial charge in [-0.05, 0) is 18.4 Å². The van der Waals surface area contributed by atoms with Gasteiger partial charge in [-0.3, -0.25) is 9.59 Å². The number of carbonyl (C=O) groups excluding carboxylic acids is 2. The largest absolute Gasteiger partial charge is 0.466 e. The molecule has 0 unspecified atom stereocenters. The van der Waals surface area contributed by atoms with Gasteiger partial charge >= 0.3 is 5.97 Å². The van der Waals surface area contributed by atoms with Crippen LogP contribution in [0.1, 0.15) is 57.6 Å². The molecule has 1 aromatic rings. The molecule has 0 aromatic heterocycles. The summed E-state index contributed by atoms with van der Waals surface area (Å²) < 4.78 is 5.19. The Hall–Kier alpha value is -1.84. The maximum atomic E-state index is 11.9. The van der Waals surface area contributed by atoms with E-state index in [0.717, 1.165) is 24.8 Å². The molecule has 1 atom stereocenters. The Bertz CT molecular complexity index is 431. The van der Waals surface area contributed by atoms with Crippen molar-refractivity contribution in [2.45, 2.75) is 52.0 Å². The Morgan fingerprint density at radius 1 is 1.14 bits per heavy atom. The van der Waals surface area contributed by atoms with E-state index in [2.05, 4.69) is 5.32 Å². The molecule has 0 fully saturated rings. The fourth-order valence-corrected chi connectivity index (χ4v) is 1.99. The number of unbranched alkanes of at least 4 members (excludes halogenated alkanes) is 1. The first-order chi connectivity index (χ1) is 10.2. The standard InChI is InChI=1S/C17H25NO3/c1-3-5-12-21-17(20)13-15(18-16(19)9-4-2)14-10-7-6-8-11-14/h6-8,10-11,15H,3-5,9,12-13H2,1-2H3,(H,18,19)/t15-/m0/s1. The highest BCUT2D eigenvalue weighted by Crippen LogP contribution is 2.17. The van der Waals surface area contributed by atoms with Crippen LogP contribution in [0, 0.1) is 0 Å². The molecule has 21 heavy (non-hydrogen) atoms. The zero-order valence-electron chi connectivity index (χ0n) is 12.9. The first-order valence-electron chi connectivity index (χ1n) is 7.67. The number of amides is 1. The molecular formula is C17H25NO3. The van der Waals surface area contributed by atoms with Crippen molar-refractivity contribution in [2.24, 2.45) is 0 Å². The Morgan fingerprint density at radius 2 is 1.86 bits per heavy atom. The van der Waals surface area contributed by atoms with Gasteiger partial charge in [0.2, 0.25) is 5.91 Å². The molecule has 0 saturated heterocycles. The zero-order valence-corrected chi connectivity index (χ0v) is 12.9. The van der Waals surface area contributed by atoms with Gasteiger partial charge < -0.3 is 10.1 Å². The average molecular weight is 291 g/mol. The van der Waals surface area contributed by atoms with Gasteiger partial charge in [0.1, 0.15) is 0 Å². The highest BCUT2D eigenvalue weighted by molar-refractivity contribution is 5.78. The van der Waals surface area contributed by atoms with Crippen LogP contribution in [-0.2, 0) is 14.3 Å². The Morgan fingerprint density at radius 3 is 2.48 bits per heavy atom. The lowest BCUT2D eigenvalue weighted by molar-refractivity contribution is -0.144. The second-order valence-corrected chi connectivity index (χ2v) is 5.06. The third-order valence-corrected chi connectivity index (χ3v) is 3.15. The van der Waals surface area contributed by atoms with Gasteiger partial charge in [0, 0.05) is 6.42 Å². The summed E-state index contributed by atoms with van der Waals surface area (Å²) in [5.74, 6) is -0.304. The molecule has 0 radical (unpaired) electrons. The summed E-state index contributed by atoms with van der Waals surface area (Å²) in [7, 11) is 0. The fourth-order valence-electron chi connectivity index (χ4n) is 1.99. The number of nitrogens with one attached hydrogen (secondary N) is 1. The lowest BCUT2D eigenvalue weighted by Gasteiger charge is -2.18. The molecule has 0 spiro atoms. The lowest BCUT2D eigenvalue weighted by Crippen LogP contribution is -2.30. The summed E-state index contributed by atoms with van der Waals surface area (Å²) in [6.45, 7) is 4.45. The molecule has 4 heteroatoms. The predicted octanol–water partition coefficient (Wildman–Crippen LogP) is 3.38. The van der Waals surface area contributed by atoms with E-state index in [0.29, 0.717) is 13.0 Å². The molecule has 1 amide bonds. The van der Waals surface area contributed by atoms with E-state index in [4.69, 9.17) is 4.74 Å². The van der Waals surface area contributed by atoms with Crippen LogP contribution in [-0.4, -0.2) is 18.5 Å². The highest BCUT2D eigenvalue weighted by Gasteiger charge is 2.18. The molecule has 0 aliphatic carbocycles. The highest BCUT2D eigenvalue weighted by atomic mass is 16.5. The van der Waals surface area contributed by atoms with E-state index in [9.17, 15) is 9.59 Å². The minimum absolute atomic E-state index is 0.0345. The molecule has 1 aromatic carbocycles. The van der Waals surface area contributed by atoms with Gasteiger partial charge in [0.15, 0.2) is 0 Å². The molecule has 0 bridgehead atoms. The number of benzene rings is 1. The van der Waals surface area contributed by atoms with Crippen molar-refractivity contribution < 1.29 is 14.3 Å². The van der Waals surface area contributed by atoms with Crippen molar-refractivity contribution >= 4 is 11.9 Å². The minimum atomic E-state index is -0.320. The first kappa shape index (κ1) is 17.2. The second-order valence-electron chi connectivity index (χ2n) is 5.06. The van der Waals surface area contributed by atoms with Crippen LogP contribution in [0.5, 0.6) is 0 Å². The molecule has 0 saturated carbocycles. The van der Waals surface area contributed by atoms with Gasteiger partial charge in [0.25, 0.3) is 0 Å². The van der Waals surface area contributed by atoms with Gasteiger partial charge in [0.05, 0.1) is 19.1 Å². The maximum Gasteiger partial charge on any atom is 0.308 e. The van der Waals surface area contributed by atoms with Crippen LogP contribution in [0.25, 0.3) is 0 Å². The van der Waals surface area contributed by atoms with Crippen LogP contribution in [0.3, 0.4) is 0 Å². The van der Waals surface area contributed by atoms with Crippen LogP contribution < -0.4 is 5.32 Å². The molecular weight excluding hydrogens is 266 g/mol. The van der Waals surface area contributed by atoms with Crippen molar-refractivity contribution in [1.82, 2.24) is 5.32 Å². The monoisotopic (exact) mass is 291 g/mol. The van der Waals surface area contributed by atoms with E-state index in [1.807, 2.05) is 44.2 Å². The zero-order chi connectivity index (χ0) is 15.5. The van der Waals surface area contributed by atoms with E-state index in [1.54, 1.807) is 0 Å². The van der Waals surface area contributed by atoms with Gasteiger partial charge in [-0.25, -0.2) is 0 Å². The summed E-state index contributed by atoms with van der Waals surface area (Å²) in [5, 5.41) is 2.92. The molecule has 0 heterocycles. The van der Waals surface area contributed by atoms with Crippen LogP contribution in [0.4, 0.5) is 0 Å². The molecule has 0 aliphatic heterocycles. The summed E-state index contributed by atoms with van der Waals surface area (Å²) in [5.41, 5.74) is 0.925. The van der Waals surface area contributed by atoms with Crippen LogP contribution in [0.2, 0.25) is 0 Å². The molecule has 116 valence electrons. The van der Waals surface area contributed by atoms with Gasteiger partial charge in [-0.2, -0.15) is 0 Å². The smallest absolute Gasteiger partial charge is 0.308 e. The normalized spacial score (nSPS) is 11.7. The van der Waals surface area contributed by atoms with Crippen molar-refractivity contribution in [3.8, 4) is 0 Å². The predicted molar refractivity (Wildman–Crippen MR) is 82.7 cm³/mol. The first-order valence-corrected chi connectivity index (χ1v) is 7.67. The van der Waals surface area contributed by atoms with Gasteiger partial charge in [-0.1, -0.05) is 50.6 Å². The van der Waals surface area contributed by atoms with Crippen molar-refractivity contribution in [3.05, 3.63) is 35.9 Å². The fraction of sp³-hybridized carbons (Fsp3) is 0.529.